The predicted octanol–water partition coefficient (Wildman–Crippen LogP) is 10.0. The molecule has 7 rings (SSSR count). The van der Waals surface area contributed by atoms with E-state index in [9.17, 15) is 49.8 Å². The third-order valence-corrected chi connectivity index (χ3v) is 15.3. The molecule has 92 heavy (non-hydrogen) atoms. The van der Waals surface area contributed by atoms with Crippen molar-refractivity contribution in [2.75, 3.05) is 71.5 Å². The number of nitrogens with two attached hydrogens (primary N) is 1. The van der Waals surface area contributed by atoms with Crippen molar-refractivity contribution in [3.05, 3.63) is 167 Å². The number of hydrogen-bond donors (Lipinski definition) is 4. The number of hydrogen-bond acceptors (Lipinski definition) is 22. The van der Waals surface area contributed by atoms with Crippen LogP contribution in [0.1, 0.15) is 162 Å². The molecule has 0 spiro atoms. The van der Waals surface area contributed by atoms with Crippen LogP contribution in [0.2, 0.25) is 6.82 Å². The summed E-state index contributed by atoms with van der Waals surface area (Å²) in [4.78, 5) is 43.2. The fourth-order valence-electron chi connectivity index (χ4n) is 9.13. The molecule has 0 amide bonds. The molecule has 4 aromatic carbocycles. The second-order valence-electron chi connectivity index (χ2n) is 20.7. The number of rotatable bonds is 33. The number of aldehydes is 1. The number of nitrogen functional groups attached to an aromatic ring is 1. The van der Waals surface area contributed by atoms with Crippen LogP contribution >= 0.6 is 7.60 Å². The molecule has 3 aliphatic heterocycles. The van der Waals surface area contributed by atoms with Gasteiger partial charge in [0.15, 0.2) is 18.9 Å². The molecule has 31 heteroatoms. The Morgan fingerprint density at radius 3 is 1.65 bits per heavy atom. The Morgan fingerprint density at radius 2 is 1.18 bits per heavy atom. The monoisotopic (exact) mass is 1380 g/mol. The summed E-state index contributed by atoms with van der Waals surface area (Å²) in [5, 5.41) is 58.3. The summed E-state index contributed by atoms with van der Waals surface area (Å²) in [6, 6.07) is 25.0. The molecule has 6 atom stereocenters. The number of aliphatic hydroxyl groups excluding tert-OH is 1. The molecule has 0 aliphatic carbocycles. The maximum absolute atomic E-state index is 12.3. The molecule has 0 aromatic heterocycles. The first-order valence-electron chi connectivity index (χ1n) is 30.6. The first kappa shape index (κ1) is 84.9. The van der Waals surface area contributed by atoms with E-state index >= 15 is 0 Å². The third kappa shape index (κ3) is 37.1. The van der Waals surface area contributed by atoms with Gasteiger partial charge in [0, 0.05) is 105 Å². The van der Waals surface area contributed by atoms with Gasteiger partial charge < -0.3 is 87.2 Å². The van der Waals surface area contributed by atoms with Crippen molar-refractivity contribution in [3.8, 4) is 0 Å². The van der Waals surface area contributed by atoms with Crippen molar-refractivity contribution in [1.29, 1.82) is 0 Å². The molecule has 0 saturated carbocycles. The Balaban J connectivity index is 0.000000593. The minimum atomic E-state index is -3.16. The van der Waals surface area contributed by atoms with Crippen molar-refractivity contribution in [2.45, 2.75) is 160 Å². The van der Waals surface area contributed by atoms with Crippen LogP contribution < -0.4 is 27.9 Å². The van der Waals surface area contributed by atoms with Crippen LogP contribution in [0.3, 0.4) is 0 Å². The van der Waals surface area contributed by atoms with E-state index in [2.05, 4.69) is 22.2 Å². The fraction of sp³-hybridized carbons (Fsp3) is 0.574. The van der Waals surface area contributed by atoms with Crippen molar-refractivity contribution in [3.63, 3.8) is 0 Å². The molecule has 506 valence electrons. The molecule has 3 aliphatic rings. The average Bonchev–Trinajstić information content (AvgIpc) is 1.22. The molecule has 4 aromatic rings. The SMILES string of the molecule is CCOP(=O)(COCCCC(NB(C)O)c1cccc(N)c1)OCC.O=Cc1cccc([N+](=O)[O-])c1.O=[N+]([O-])c1cccc(C(O)CCCOC2CCCCO2)c1.[Br-].[CH2-]CCOC1CCCCO1.[Mg+2].[N-]=[N+]=NC(CCCOC1CCCCO1)c1cccc([N+](=O)[O-])c1. The van der Waals surface area contributed by atoms with Crippen LogP contribution in [0, 0.1) is 37.3 Å². The number of benzene rings is 4. The maximum atomic E-state index is 12.3. The molecule has 3 fully saturated rings. The summed E-state index contributed by atoms with van der Waals surface area (Å²) in [5.74, 6) is 0. The average molecular weight is 1390 g/mol. The van der Waals surface area contributed by atoms with Crippen molar-refractivity contribution in [2.24, 2.45) is 5.11 Å². The number of nitro groups is 3. The predicted molar refractivity (Wildman–Crippen MR) is 346 cm³/mol. The van der Waals surface area contributed by atoms with Gasteiger partial charge >= 0.3 is 37.7 Å². The van der Waals surface area contributed by atoms with Gasteiger partial charge in [-0.2, -0.15) is 6.42 Å². The topological polar surface area (TPSA) is 374 Å². The molecule has 3 heterocycles. The summed E-state index contributed by atoms with van der Waals surface area (Å²) in [6.07, 6.45) is 14.1. The second-order valence-corrected chi connectivity index (χ2v) is 22.7. The molecule has 0 bridgehead atoms. The van der Waals surface area contributed by atoms with Gasteiger partial charge in [-0.1, -0.05) is 53.6 Å². The molecular weight excluding hydrogens is 1290 g/mol. The smallest absolute Gasteiger partial charge is 1.00 e. The van der Waals surface area contributed by atoms with Gasteiger partial charge in [-0.3, -0.25) is 39.7 Å². The molecule has 3 saturated heterocycles. The summed E-state index contributed by atoms with van der Waals surface area (Å²) in [5.41, 5.74) is 17.7. The number of carbonyl (C=O) groups excluding carboxylic acids is 1. The summed E-state index contributed by atoms with van der Waals surface area (Å²) >= 11 is 0. The molecule has 6 unspecified atom stereocenters. The minimum Gasteiger partial charge on any atom is -1.00 e. The van der Waals surface area contributed by atoms with Crippen LogP contribution in [-0.2, 0) is 46.8 Å². The Hall–Kier alpha value is -5.08. The van der Waals surface area contributed by atoms with E-state index < -0.39 is 41.6 Å². The number of carbonyl (C=O) groups is 1. The van der Waals surface area contributed by atoms with Gasteiger partial charge in [0.1, 0.15) is 12.6 Å². The standard InChI is InChI=1S/C16H30BN2O5P.C15H20N4O4.C15H21NO5.C8H15O2.C7H5NO3.BrH.Mg/c1-4-23-25(21,24-5-2)13-22-11-7-10-16(19-17(3)20)14-8-6-9-15(18)12-14;16-18-17-14(12-5-3-6-13(11-12)19(20)21)7-4-10-23-15-8-1-2-9-22-15;17-14(12-5-3-6-13(11-12)16(18)19)7-4-10-21-15-8-1-2-9-20-15;1-2-6-9-8-5-3-4-7-10-8;9-5-6-2-1-3-7(4-6)8(10)11;;/h6,8-9,12,16,19-20H,4-5,7,10-11,13,18H2,1-3H3;3,5-6,11,14-15H,1-2,4,7-10H2;3,5-6,11,14-15,17H,1-2,4,7-10H2;8H,1-7H2;1-5H;1H;/q;;;-1;;;+2/p-1. The zero-order chi connectivity index (χ0) is 65.8. The van der Waals surface area contributed by atoms with E-state index in [0.29, 0.717) is 87.4 Å². The molecule has 0 radical (unpaired) electrons. The molecule has 27 nitrogen and oxygen atoms in total. The summed E-state index contributed by atoms with van der Waals surface area (Å²) in [6.45, 7) is 14.1. The summed E-state index contributed by atoms with van der Waals surface area (Å²) < 4.78 is 61.0. The zero-order valence-corrected chi connectivity index (χ0v) is 57.0. The molecular formula is C61H91BBrMgN8O19P. The van der Waals surface area contributed by atoms with Crippen molar-refractivity contribution >= 4 is 66.7 Å². The maximum Gasteiger partial charge on any atom is 2.00 e. The van der Waals surface area contributed by atoms with E-state index in [-0.39, 0.29) is 88.4 Å². The Kier molecular flexibility index (Phi) is 47.3. The van der Waals surface area contributed by atoms with E-state index in [1.165, 1.54) is 61.4 Å². The first-order chi connectivity index (χ1) is 43.4. The Morgan fingerprint density at radius 1 is 0.717 bits per heavy atom. The van der Waals surface area contributed by atoms with E-state index in [4.69, 9.17) is 53.5 Å². The van der Waals surface area contributed by atoms with E-state index in [1.807, 2.05) is 24.3 Å². The van der Waals surface area contributed by atoms with Gasteiger partial charge in [0.2, 0.25) is 0 Å². The van der Waals surface area contributed by atoms with Crippen LogP contribution in [0.15, 0.2) is 102 Å². The molecule has 5 N–H and O–H groups in total. The van der Waals surface area contributed by atoms with E-state index in [0.717, 1.165) is 96.2 Å². The second kappa shape index (κ2) is 51.3. The number of non-ortho nitro benzene ring substituents is 3. The fourth-order valence-corrected chi connectivity index (χ4v) is 10.5. The van der Waals surface area contributed by atoms with Gasteiger partial charge in [0.25, 0.3) is 17.1 Å². The first-order valence-corrected chi connectivity index (χ1v) is 32.3. The number of nitro benzene ring substituents is 3. The van der Waals surface area contributed by atoms with Crippen LogP contribution in [0.25, 0.3) is 10.4 Å². The number of halogens is 1. The summed E-state index contributed by atoms with van der Waals surface area (Å²) in [7, 11) is -3.80. The van der Waals surface area contributed by atoms with Crippen LogP contribution in [0.5, 0.6) is 0 Å². The van der Waals surface area contributed by atoms with Crippen LogP contribution in [-0.4, -0.2) is 146 Å². The minimum absolute atomic E-state index is 0. The van der Waals surface area contributed by atoms with Crippen LogP contribution in [0.4, 0.5) is 22.7 Å². The number of azide groups is 1. The largest absolute Gasteiger partial charge is 2.00 e. The number of nitrogens with zero attached hydrogens (tertiary/aromatic N) is 6. The quantitative estimate of drug-likeness (QED) is 0.00294. The number of aliphatic hydroxyl groups is 1. The van der Waals surface area contributed by atoms with Gasteiger partial charge in [-0.15, -0.1) is 0 Å². The van der Waals surface area contributed by atoms with E-state index in [1.54, 1.807) is 44.9 Å². The van der Waals surface area contributed by atoms with Gasteiger partial charge in [0.05, 0.1) is 40.1 Å². The van der Waals surface area contributed by atoms with Gasteiger partial charge in [-0.25, -0.2) is 0 Å². The van der Waals surface area contributed by atoms with Crippen molar-refractivity contribution in [1.82, 2.24) is 5.23 Å². The third-order valence-electron chi connectivity index (χ3n) is 13.5. The normalized spacial score (nSPS) is 16.8. The zero-order valence-electron chi connectivity index (χ0n) is 53.1. The Labute approximate surface area is 566 Å². The number of ether oxygens (including phenoxy) is 7. The van der Waals surface area contributed by atoms with Crippen molar-refractivity contribution < 1.29 is 93.4 Å². The number of anilines is 1. The Bertz CT molecular complexity index is 2760. The number of nitrogens with one attached hydrogen (secondary N) is 1. The van der Waals surface area contributed by atoms with Gasteiger partial charge in [-0.05, 0) is 151 Å².